The largest absolute Gasteiger partial charge is 0.305 e. The molecule has 1 aromatic rings. The Morgan fingerprint density at radius 3 is 2.39 bits per heavy atom. The smallest absolute Gasteiger partial charge is 0.250 e. The van der Waals surface area contributed by atoms with Crippen molar-refractivity contribution >= 4 is 21.4 Å². The third-order valence-electron chi connectivity index (χ3n) is 2.89. The van der Waals surface area contributed by atoms with Crippen molar-refractivity contribution in [2.24, 2.45) is 5.92 Å². The van der Waals surface area contributed by atoms with Crippen LogP contribution in [0.3, 0.4) is 0 Å². The Morgan fingerprint density at radius 2 is 2.00 bits per heavy atom. The average Bonchev–Trinajstić information content (AvgIpc) is 2.64. The summed E-state index contributed by atoms with van der Waals surface area (Å²) in [5.74, 6) is 0.396. The van der Waals surface area contributed by atoms with E-state index in [-0.39, 0.29) is 6.04 Å². The molecule has 0 aromatic carbocycles. The maximum atomic E-state index is 12.1. The fourth-order valence-corrected chi connectivity index (χ4v) is 4.15. The van der Waals surface area contributed by atoms with Gasteiger partial charge in [0.1, 0.15) is 4.21 Å². The van der Waals surface area contributed by atoms with E-state index in [9.17, 15) is 8.42 Å². The molecule has 0 saturated carbocycles. The number of likely N-dealkylation sites (N-methyl/N-ethyl adjacent to an activating group) is 1. The Morgan fingerprint density at radius 1 is 1.39 bits per heavy atom. The third-order valence-corrected chi connectivity index (χ3v) is 5.87. The maximum Gasteiger partial charge on any atom is 0.250 e. The van der Waals surface area contributed by atoms with Gasteiger partial charge in [0.25, 0.3) is 0 Å². The second-order valence-corrected chi connectivity index (χ2v) is 7.97. The molecular formula is C12H22N2O2S2. The average molecular weight is 290 g/mol. The molecule has 1 atom stereocenters. The summed E-state index contributed by atoms with van der Waals surface area (Å²) in [7, 11) is 0.573. The van der Waals surface area contributed by atoms with Gasteiger partial charge < -0.3 is 4.90 Å². The van der Waals surface area contributed by atoms with Gasteiger partial charge in [-0.05, 0) is 43.9 Å². The van der Waals surface area contributed by atoms with Crippen molar-refractivity contribution in [3.05, 3.63) is 17.0 Å². The van der Waals surface area contributed by atoms with E-state index >= 15 is 0 Å². The fraction of sp³-hybridized carbons (Fsp3) is 0.667. The molecular weight excluding hydrogens is 268 g/mol. The number of rotatable bonds is 6. The van der Waals surface area contributed by atoms with Gasteiger partial charge in [-0.15, -0.1) is 11.3 Å². The van der Waals surface area contributed by atoms with Crippen LogP contribution in [0.2, 0.25) is 0 Å². The van der Waals surface area contributed by atoms with Gasteiger partial charge in [-0.1, -0.05) is 13.8 Å². The summed E-state index contributed by atoms with van der Waals surface area (Å²) in [4.78, 5) is 2.05. The maximum absolute atomic E-state index is 12.1. The van der Waals surface area contributed by atoms with E-state index in [0.29, 0.717) is 16.7 Å². The first-order valence-electron chi connectivity index (χ1n) is 5.95. The van der Waals surface area contributed by atoms with Crippen LogP contribution in [0.15, 0.2) is 15.7 Å². The summed E-state index contributed by atoms with van der Waals surface area (Å²) in [6.07, 6.45) is 0. The van der Waals surface area contributed by atoms with E-state index < -0.39 is 10.0 Å². The number of aryl methyl sites for hydroxylation is 1. The molecule has 0 fully saturated rings. The molecule has 0 bridgehead atoms. The predicted molar refractivity (Wildman–Crippen MR) is 76.6 cm³/mol. The van der Waals surface area contributed by atoms with Crippen LogP contribution >= 0.6 is 11.3 Å². The summed E-state index contributed by atoms with van der Waals surface area (Å²) >= 11 is 1.26. The summed E-state index contributed by atoms with van der Waals surface area (Å²) < 4.78 is 27.2. The summed E-state index contributed by atoms with van der Waals surface area (Å²) in [6, 6.07) is 1.90. The number of nitrogens with one attached hydrogen (secondary N) is 1. The number of thiophene rings is 1. The van der Waals surface area contributed by atoms with E-state index in [1.807, 2.05) is 31.3 Å². The minimum Gasteiger partial charge on any atom is -0.305 e. The molecule has 0 amide bonds. The lowest BCUT2D eigenvalue weighted by Gasteiger charge is -2.27. The topological polar surface area (TPSA) is 49.4 Å². The van der Waals surface area contributed by atoms with Crippen molar-refractivity contribution in [1.29, 1.82) is 0 Å². The molecule has 1 rings (SSSR count). The molecule has 1 N–H and O–H groups in total. The zero-order valence-corrected chi connectivity index (χ0v) is 13.2. The van der Waals surface area contributed by atoms with Crippen LogP contribution in [0.25, 0.3) is 0 Å². The van der Waals surface area contributed by atoms with Gasteiger partial charge in [-0.25, -0.2) is 13.1 Å². The Kier molecular flexibility index (Phi) is 5.33. The van der Waals surface area contributed by atoms with E-state index in [0.717, 1.165) is 5.56 Å². The van der Waals surface area contributed by atoms with Crippen molar-refractivity contribution in [3.63, 3.8) is 0 Å². The lowest BCUT2D eigenvalue weighted by atomic mass is 10.0. The van der Waals surface area contributed by atoms with Crippen LogP contribution in [0.4, 0.5) is 0 Å². The van der Waals surface area contributed by atoms with Crippen molar-refractivity contribution in [1.82, 2.24) is 9.62 Å². The Bertz CT molecular complexity index is 470. The van der Waals surface area contributed by atoms with Crippen LogP contribution in [0, 0.1) is 12.8 Å². The van der Waals surface area contributed by atoms with Gasteiger partial charge in [-0.2, -0.15) is 0 Å². The molecule has 0 spiro atoms. The SMILES string of the molecule is Cc1csc(S(=O)(=O)NC[C@H](C(C)C)N(C)C)c1. The lowest BCUT2D eigenvalue weighted by Crippen LogP contribution is -2.43. The number of nitrogens with zero attached hydrogens (tertiary/aromatic N) is 1. The highest BCUT2D eigenvalue weighted by Crippen LogP contribution is 2.19. The molecule has 0 aliphatic rings. The zero-order chi connectivity index (χ0) is 13.9. The Labute approximate surface area is 114 Å². The highest BCUT2D eigenvalue weighted by Gasteiger charge is 2.21. The second-order valence-electron chi connectivity index (χ2n) is 5.07. The highest BCUT2D eigenvalue weighted by molar-refractivity contribution is 7.91. The molecule has 1 aromatic heterocycles. The minimum atomic E-state index is -3.36. The van der Waals surface area contributed by atoms with Crippen molar-refractivity contribution in [2.75, 3.05) is 20.6 Å². The highest BCUT2D eigenvalue weighted by atomic mass is 32.2. The minimum absolute atomic E-state index is 0.195. The Balaban J connectivity index is 2.73. The lowest BCUT2D eigenvalue weighted by molar-refractivity contribution is 0.233. The number of hydrogen-bond acceptors (Lipinski definition) is 4. The first kappa shape index (κ1) is 15.6. The molecule has 0 aliphatic carbocycles. The van der Waals surface area contributed by atoms with Gasteiger partial charge >= 0.3 is 0 Å². The van der Waals surface area contributed by atoms with Gasteiger partial charge in [0.2, 0.25) is 10.0 Å². The normalized spacial score (nSPS) is 14.4. The van der Waals surface area contributed by atoms with Crippen LogP contribution in [-0.2, 0) is 10.0 Å². The molecule has 0 saturated heterocycles. The third kappa shape index (κ3) is 4.05. The van der Waals surface area contributed by atoms with Crippen molar-refractivity contribution in [3.8, 4) is 0 Å². The summed E-state index contributed by atoms with van der Waals surface area (Å²) in [5.41, 5.74) is 0.980. The van der Waals surface area contributed by atoms with Crippen molar-refractivity contribution < 1.29 is 8.42 Å². The van der Waals surface area contributed by atoms with Gasteiger partial charge in [0.05, 0.1) is 0 Å². The molecule has 0 aliphatic heterocycles. The first-order valence-corrected chi connectivity index (χ1v) is 8.31. The molecule has 18 heavy (non-hydrogen) atoms. The summed E-state index contributed by atoms with van der Waals surface area (Å²) in [5, 5.41) is 1.85. The van der Waals surface area contributed by atoms with Crippen molar-refractivity contribution in [2.45, 2.75) is 31.0 Å². The molecule has 6 heteroatoms. The number of sulfonamides is 1. The standard InChI is InChI=1S/C12H22N2O2S2/c1-9(2)11(14(4)5)7-13-18(15,16)12-6-10(3)8-17-12/h6,8-9,11,13H,7H2,1-5H3/t11-/m1/s1. The van der Waals surface area contributed by atoms with E-state index in [4.69, 9.17) is 0 Å². The molecule has 4 nitrogen and oxygen atoms in total. The quantitative estimate of drug-likeness (QED) is 0.871. The van der Waals surface area contributed by atoms with Gasteiger partial charge in [0.15, 0.2) is 0 Å². The van der Waals surface area contributed by atoms with Crippen LogP contribution in [0.1, 0.15) is 19.4 Å². The van der Waals surface area contributed by atoms with Gasteiger partial charge in [0, 0.05) is 12.6 Å². The van der Waals surface area contributed by atoms with E-state index in [1.54, 1.807) is 6.07 Å². The molecule has 1 heterocycles. The van der Waals surface area contributed by atoms with E-state index in [1.165, 1.54) is 11.3 Å². The van der Waals surface area contributed by atoms with Crippen LogP contribution in [-0.4, -0.2) is 40.0 Å². The monoisotopic (exact) mass is 290 g/mol. The molecule has 104 valence electrons. The van der Waals surface area contributed by atoms with Gasteiger partial charge in [-0.3, -0.25) is 0 Å². The predicted octanol–water partition coefficient (Wildman–Crippen LogP) is 1.92. The summed E-state index contributed by atoms with van der Waals surface area (Å²) in [6.45, 7) is 6.51. The van der Waals surface area contributed by atoms with Crippen LogP contribution in [0.5, 0.6) is 0 Å². The molecule has 0 unspecified atom stereocenters. The zero-order valence-electron chi connectivity index (χ0n) is 11.6. The second kappa shape index (κ2) is 6.14. The number of hydrogen-bond donors (Lipinski definition) is 1. The fourth-order valence-electron chi connectivity index (χ4n) is 1.83. The molecule has 0 radical (unpaired) electrons. The van der Waals surface area contributed by atoms with E-state index in [2.05, 4.69) is 18.6 Å². The first-order chi connectivity index (χ1) is 8.24. The van der Waals surface area contributed by atoms with Crippen LogP contribution < -0.4 is 4.72 Å². The Hall–Kier alpha value is -0.430.